The first-order chi connectivity index (χ1) is 3.72. The molecule has 2 N–H and O–H groups in total. The van der Waals surface area contributed by atoms with Gasteiger partial charge in [0.2, 0.25) is 0 Å². The lowest BCUT2D eigenvalue weighted by molar-refractivity contribution is -0.281. The normalized spacial score (nSPS) is 17.4. The maximum absolute atomic E-state index is 8.66. The van der Waals surface area contributed by atoms with Crippen molar-refractivity contribution >= 4 is 0 Å². The van der Waals surface area contributed by atoms with E-state index in [1.807, 2.05) is 0 Å². The molecule has 3 nitrogen and oxygen atoms in total. The molecule has 8 heavy (non-hydrogen) atoms. The predicted molar refractivity (Wildman–Crippen MR) is 29.4 cm³/mol. The fraction of sp³-hybridized carbons (Fsp3) is 0.600. The van der Waals surface area contributed by atoms with Gasteiger partial charge in [-0.15, -0.1) is 6.58 Å². The molecule has 0 saturated heterocycles. The van der Waals surface area contributed by atoms with Gasteiger partial charge in [-0.2, -0.15) is 0 Å². The zero-order valence-corrected chi connectivity index (χ0v) is 4.74. The largest absolute Gasteiger partial charge is 0.390 e. The van der Waals surface area contributed by atoms with Crippen molar-refractivity contribution in [3.8, 4) is 0 Å². The lowest BCUT2D eigenvalue weighted by Gasteiger charge is -2.09. The highest BCUT2D eigenvalue weighted by Gasteiger charge is 2.09. The summed E-state index contributed by atoms with van der Waals surface area (Å²) in [6.07, 6.45) is -0.0579. The predicted octanol–water partition coefficient (Wildman–Crippen LogP) is 0.411. The molecule has 0 bridgehead atoms. The van der Waals surface area contributed by atoms with Crippen LogP contribution in [-0.4, -0.2) is 22.6 Å². The van der Waals surface area contributed by atoms with Crippen LogP contribution in [-0.2, 0) is 4.89 Å². The Morgan fingerprint density at radius 2 is 2.25 bits per heavy atom. The third kappa shape index (κ3) is 2.07. The molecule has 0 rings (SSSR count). The Morgan fingerprint density at radius 3 is 2.25 bits per heavy atom. The van der Waals surface area contributed by atoms with Gasteiger partial charge in [-0.05, 0) is 6.92 Å². The standard InChI is InChI=1S/C5H10O3/c1-3-5(8-7)4(2)6/h3-7H,1H2,2H3/t4-,5+/m1/s1. The smallest absolute Gasteiger partial charge is 0.136 e. The lowest BCUT2D eigenvalue weighted by atomic mass is 10.2. The average Bonchev–Trinajstić information content (AvgIpc) is 1.69. The number of rotatable bonds is 3. The van der Waals surface area contributed by atoms with Gasteiger partial charge in [0.1, 0.15) is 6.10 Å². The van der Waals surface area contributed by atoms with E-state index in [1.165, 1.54) is 13.0 Å². The van der Waals surface area contributed by atoms with Gasteiger partial charge in [0.05, 0.1) is 6.10 Å². The van der Waals surface area contributed by atoms with Crippen LogP contribution in [0.25, 0.3) is 0 Å². The summed E-state index contributed by atoms with van der Waals surface area (Å²) >= 11 is 0. The van der Waals surface area contributed by atoms with Crippen molar-refractivity contribution in [2.45, 2.75) is 19.1 Å². The fourth-order valence-electron chi connectivity index (χ4n) is 0.328. The second-order valence-corrected chi connectivity index (χ2v) is 1.55. The summed E-state index contributed by atoms with van der Waals surface area (Å²) in [5, 5.41) is 16.6. The quantitative estimate of drug-likeness (QED) is 0.320. The van der Waals surface area contributed by atoms with Gasteiger partial charge in [0.15, 0.2) is 0 Å². The van der Waals surface area contributed by atoms with E-state index < -0.39 is 12.2 Å². The van der Waals surface area contributed by atoms with Crippen LogP contribution >= 0.6 is 0 Å². The summed E-state index contributed by atoms with van der Waals surface area (Å²) in [5.41, 5.74) is 0. The maximum Gasteiger partial charge on any atom is 0.136 e. The first-order valence-corrected chi connectivity index (χ1v) is 2.33. The lowest BCUT2D eigenvalue weighted by Crippen LogP contribution is -2.22. The summed E-state index contributed by atoms with van der Waals surface area (Å²) in [6.45, 7) is 4.81. The topological polar surface area (TPSA) is 49.7 Å². The molecule has 0 saturated carbocycles. The number of hydrogen-bond acceptors (Lipinski definition) is 3. The summed E-state index contributed by atoms with van der Waals surface area (Å²) in [5.74, 6) is 0. The molecule has 0 spiro atoms. The molecule has 0 aliphatic heterocycles. The summed E-state index contributed by atoms with van der Waals surface area (Å²) in [6, 6.07) is 0. The monoisotopic (exact) mass is 118 g/mol. The number of aliphatic hydroxyl groups excluding tert-OH is 1. The molecule has 0 amide bonds. The van der Waals surface area contributed by atoms with Crippen molar-refractivity contribution in [1.29, 1.82) is 0 Å². The van der Waals surface area contributed by atoms with Crippen LogP contribution in [0.5, 0.6) is 0 Å². The molecule has 0 radical (unpaired) electrons. The van der Waals surface area contributed by atoms with E-state index in [4.69, 9.17) is 10.4 Å². The molecule has 0 aliphatic rings. The number of aliphatic hydroxyl groups is 1. The Morgan fingerprint density at radius 1 is 1.75 bits per heavy atom. The van der Waals surface area contributed by atoms with Crippen LogP contribution in [0, 0.1) is 0 Å². The Kier molecular flexibility index (Phi) is 3.43. The van der Waals surface area contributed by atoms with Gasteiger partial charge < -0.3 is 5.11 Å². The van der Waals surface area contributed by atoms with Crippen LogP contribution < -0.4 is 0 Å². The minimum absolute atomic E-state index is 0.671. The highest BCUT2D eigenvalue weighted by Crippen LogP contribution is 1.96. The van der Waals surface area contributed by atoms with E-state index in [2.05, 4.69) is 11.5 Å². The van der Waals surface area contributed by atoms with Crippen LogP contribution in [0.3, 0.4) is 0 Å². The molecule has 0 fully saturated rings. The molecule has 48 valence electrons. The zero-order chi connectivity index (χ0) is 6.57. The van der Waals surface area contributed by atoms with Crippen molar-refractivity contribution < 1.29 is 15.3 Å². The van der Waals surface area contributed by atoms with Gasteiger partial charge in [-0.25, -0.2) is 4.89 Å². The summed E-state index contributed by atoms with van der Waals surface area (Å²) in [7, 11) is 0. The molecular weight excluding hydrogens is 108 g/mol. The Labute approximate surface area is 48.1 Å². The molecule has 0 aromatic rings. The fourth-order valence-corrected chi connectivity index (χ4v) is 0.328. The van der Waals surface area contributed by atoms with Gasteiger partial charge in [-0.1, -0.05) is 6.08 Å². The van der Waals surface area contributed by atoms with E-state index >= 15 is 0 Å². The molecule has 0 aromatic heterocycles. The van der Waals surface area contributed by atoms with Crippen molar-refractivity contribution in [3.05, 3.63) is 12.7 Å². The van der Waals surface area contributed by atoms with Crippen molar-refractivity contribution in [1.82, 2.24) is 0 Å². The Balaban J connectivity index is 3.51. The van der Waals surface area contributed by atoms with Gasteiger partial charge in [0, 0.05) is 0 Å². The number of hydrogen-bond donors (Lipinski definition) is 2. The zero-order valence-electron chi connectivity index (χ0n) is 4.74. The van der Waals surface area contributed by atoms with E-state index in [0.29, 0.717) is 0 Å². The van der Waals surface area contributed by atoms with E-state index in [-0.39, 0.29) is 0 Å². The molecule has 0 aromatic carbocycles. The van der Waals surface area contributed by atoms with Gasteiger partial charge in [-0.3, -0.25) is 5.26 Å². The Hall–Kier alpha value is -0.380. The van der Waals surface area contributed by atoms with E-state index in [1.54, 1.807) is 0 Å². The third-order valence-corrected chi connectivity index (χ3v) is 0.829. The van der Waals surface area contributed by atoms with Gasteiger partial charge >= 0.3 is 0 Å². The maximum atomic E-state index is 8.66. The molecule has 0 aliphatic carbocycles. The molecule has 3 heteroatoms. The molecular formula is C5H10O3. The van der Waals surface area contributed by atoms with Crippen molar-refractivity contribution in [3.63, 3.8) is 0 Å². The van der Waals surface area contributed by atoms with Crippen LogP contribution in [0.1, 0.15) is 6.92 Å². The minimum Gasteiger partial charge on any atom is -0.390 e. The summed E-state index contributed by atoms with van der Waals surface area (Å²) in [4.78, 5) is 3.79. The SMILES string of the molecule is C=C[C@H](OO)[C@@H](C)O. The van der Waals surface area contributed by atoms with Crippen molar-refractivity contribution in [2.75, 3.05) is 0 Å². The van der Waals surface area contributed by atoms with Crippen LogP contribution in [0.15, 0.2) is 12.7 Å². The highest BCUT2D eigenvalue weighted by atomic mass is 17.1. The van der Waals surface area contributed by atoms with Crippen LogP contribution in [0.4, 0.5) is 0 Å². The molecule has 0 unspecified atom stereocenters. The van der Waals surface area contributed by atoms with E-state index in [0.717, 1.165) is 0 Å². The molecule has 2 atom stereocenters. The first-order valence-electron chi connectivity index (χ1n) is 2.33. The molecule has 0 heterocycles. The summed E-state index contributed by atoms with van der Waals surface area (Å²) < 4.78 is 0. The first kappa shape index (κ1) is 7.62. The second kappa shape index (κ2) is 3.60. The van der Waals surface area contributed by atoms with Gasteiger partial charge in [0.25, 0.3) is 0 Å². The van der Waals surface area contributed by atoms with E-state index in [9.17, 15) is 0 Å². The highest BCUT2D eigenvalue weighted by molar-refractivity contribution is 4.82. The van der Waals surface area contributed by atoms with Crippen LogP contribution in [0.2, 0.25) is 0 Å². The van der Waals surface area contributed by atoms with Crippen molar-refractivity contribution in [2.24, 2.45) is 0 Å². The Bertz CT molecular complexity index is 70.1. The minimum atomic E-state index is -0.711. The average molecular weight is 118 g/mol. The third-order valence-electron chi connectivity index (χ3n) is 0.829. The second-order valence-electron chi connectivity index (χ2n) is 1.55.